The summed E-state index contributed by atoms with van der Waals surface area (Å²) >= 11 is 0. The summed E-state index contributed by atoms with van der Waals surface area (Å²) in [5.74, 6) is -1.52. The lowest BCUT2D eigenvalue weighted by atomic mass is 9.97. The van der Waals surface area contributed by atoms with Crippen LogP contribution < -0.4 is 15.5 Å². The molecule has 0 amide bonds. The van der Waals surface area contributed by atoms with E-state index >= 15 is 4.39 Å². The lowest BCUT2D eigenvalue weighted by Crippen LogP contribution is -2.44. The van der Waals surface area contributed by atoms with Crippen molar-refractivity contribution in [2.24, 2.45) is 0 Å². The van der Waals surface area contributed by atoms with Gasteiger partial charge in [-0.15, -0.1) is 0 Å². The average Bonchev–Trinajstić information content (AvgIpc) is 2.60. The first kappa shape index (κ1) is 17.0. The molecule has 2 aromatic rings. The molecule has 26 heavy (non-hydrogen) atoms. The number of piperazine rings is 1. The number of rotatable bonds is 2. The molecule has 2 atom stereocenters. The van der Waals surface area contributed by atoms with Crippen molar-refractivity contribution in [3.8, 4) is 5.75 Å². The molecular weight excluding hydrogens is 341 g/mol. The molecule has 2 aliphatic rings. The molecular formula is C18H20FN3O4. The summed E-state index contributed by atoms with van der Waals surface area (Å²) in [6.07, 6.45) is 1.34. The van der Waals surface area contributed by atoms with Gasteiger partial charge in [-0.25, -0.2) is 9.18 Å². The van der Waals surface area contributed by atoms with Gasteiger partial charge in [-0.1, -0.05) is 0 Å². The molecule has 1 aromatic heterocycles. The van der Waals surface area contributed by atoms with E-state index in [2.05, 4.69) is 5.32 Å². The van der Waals surface area contributed by atoms with Crippen LogP contribution in [-0.4, -0.2) is 53.8 Å². The highest BCUT2D eigenvalue weighted by molar-refractivity contribution is 5.95. The standard InChI is InChI=1S/C18H20FN3O4/c1-9-8-26-17-14(13-6-20-3-4-21(13)2)12(19)5-10-15(17)22(9)7-11(16(10)23)18(24)25/h5,7,9,13,20H,3-4,6,8H2,1-2H3,(H,24,25). The van der Waals surface area contributed by atoms with Crippen LogP contribution in [0.15, 0.2) is 17.1 Å². The van der Waals surface area contributed by atoms with Crippen molar-refractivity contribution < 1.29 is 19.0 Å². The highest BCUT2D eigenvalue weighted by atomic mass is 19.1. The molecule has 0 radical (unpaired) electrons. The molecule has 3 heterocycles. The number of aromatic nitrogens is 1. The molecule has 0 spiro atoms. The molecule has 2 N–H and O–H groups in total. The third-order valence-corrected chi connectivity index (χ3v) is 5.28. The summed E-state index contributed by atoms with van der Waals surface area (Å²) in [5.41, 5.74) is -0.173. The first-order chi connectivity index (χ1) is 12.4. The summed E-state index contributed by atoms with van der Waals surface area (Å²) in [4.78, 5) is 26.1. The quantitative estimate of drug-likeness (QED) is 0.841. The second kappa shape index (κ2) is 6.07. The monoisotopic (exact) mass is 361 g/mol. The molecule has 0 saturated carbocycles. The van der Waals surface area contributed by atoms with Gasteiger partial charge >= 0.3 is 5.97 Å². The van der Waals surface area contributed by atoms with E-state index in [0.29, 0.717) is 23.4 Å². The van der Waals surface area contributed by atoms with Gasteiger partial charge in [0.2, 0.25) is 5.43 Å². The first-order valence-corrected chi connectivity index (χ1v) is 8.58. The third-order valence-electron chi connectivity index (χ3n) is 5.28. The van der Waals surface area contributed by atoms with Gasteiger partial charge in [0, 0.05) is 25.8 Å². The van der Waals surface area contributed by atoms with E-state index < -0.39 is 17.2 Å². The van der Waals surface area contributed by atoms with Crippen LogP contribution in [0.2, 0.25) is 0 Å². The van der Waals surface area contributed by atoms with Gasteiger partial charge in [0.1, 0.15) is 18.0 Å². The van der Waals surface area contributed by atoms with Crippen molar-refractivity contribution in [3.63, 3.8) is 0 Å². The van der Waals surface area contributed by atoms with Gasteiger partial charge < -0.3 is 19.7 Å². The Morgan fingerprint density at radius 3 is 2.92 bits per heavy atom. The van der Waals surface area contributed by atoms with E-state index in [1.54, 1.807) is 4.57 Å². The van der Waals surface area contributed by atoms with Gasteiger partial charge in [-0.2, -0.15) is 0 Å². The van der Waals surface area contributed by atoms with Crippen LogP contribution in [0.5, 0.6) is 5.75 Å². The lowest BCUT2D eigenvalue weighted by Gasteiger charge is -2.36. The van der Waals surface area contributed by atoms with Crippen LogP contribution in [0.3, 0.4) is 0 Å². The number of ether oxygens (including phenoxy) is 1. The fourth-order valence-electron chi connectivity index (χ4n) is 3.84. The average molecular weight is 361 g/mol. The van der Waals surface area contributed by atoms with Crippen molar-refractivity contribution in [2.75, 3.05) is 33.3 Å². The maximum atomic E-state index is 15.1. The Balaban J connectivity index is 2.06. The number of aromatic carboxylic acids is 1. The van der Waals surface area contributed by atoms with E-state index in [1.165, 1.54) is 6.20 Å². The number of carbonyl (C=O) groups is 1. The zero-order chi connectivity index (χ0) is 18.6. The maximum Gasteiger partial charge on any atom is 0.341 e. The summed E-state index contributed by atoms with van der Waals surface area (Å²) < 4.78 is 22.7. The topological polar surface area (TPSA) is 83.8 Å². The molecule has 2 aliphatic heterocycles. The largest absolute Gasteiger partial charge is 0.489 e. The van der Waals surface area contributed by atoms with Crippen molar-refractivity contribution in [1.29, 1.82) is 0 Å². The molecule has 4 rings (SSSR count). The zero-order valence-electron chi connectivity index (χ0n) is 14.6. The van der Waals surface area contributed by atoms with E-state index in [4.69, 9.17) is 4.74 Å². The molecule has 0 bridgehead atoms. The van der Waals surface area contributed by atoms with E-state index in [0.717, 1.165) is 19.2 Å². The second-order valence-electron chi connectivity index (χ2n) is 6.94. The molecule has 1 saturated heterocycles. The molecule has 2 unspecified atom stereocenters. The summed E-state index contributed by atoms with van der Waals surface area (Å²) in [6.45, 7) is 4.31. The van der Waals surface area contributed by atoms with Gasteiger partial charge in [0.25, 0.3) is 0 Å². The predicted octanol–water partition coefficient (Wildman–Crippen LogP) is 1.37. The molecule has 138 valence electrons. The minimum absolute atomic E-state index is 0.0409. The smallest absolute Gasteiger partial charge is 0.341 e. The van der Waals surface area contributed by atoms with Crippen LogP contribution in [0.1, 0.15) is 34.9 Å². The van der Waals surface area contributed by atoms with Crippen LogP contribution in [0, 0.1) is 5.82 Å². The number of nitrogens with zero attached hydrogens (tertiary/aromatic N) is 2. The lowest BCUT2D eigenvalue weighted by molar-refractivity contribution is 0.0694. The highest BCUT2D eigenvalue weighted by Crippen LogP contribution is 2.40. The number of carboxylic acids is 1. The van der Waals surface area contributed by atoms with Crippen LogP contribution in [0.25, 0.3) is 10.9 Å². The summed E-state index contributed by atoms with van der Waals surface area (Å²) in [7, 11) is 1.92. The zero-order valence-corrected chi connectivity index (χ0v) is 14.6. The Kier molecular flexibility index (Phi) is 3.96. The number of hydrogen-bond donors (Lipinski definition) is 2. The SMILES string of the molecule is CC1COc2c(C3CNCCN3C)c(F)cc3c(=O)c(C(=O)O)cn1c23. The Morgan fingerprint density at radius 2 is 2.23 bits per heavy atom. The molecule has 0 aliphatic carbocycles. The van der Waals surface area contributed by atoms with Crippen LogP contribution in [-0.2, 0) is 0 Å². The second-order valence-corrected chi connectivity index (χ2v) is 6.94. The van der Waals surface area contributed by atoms with E-state index in [-0.39, 0.29) is 29.6 Å². The van der Waals surface area contributed by atoms with E-state index in [9.17, 15) is 14.7 Å². The fraction of sp³-hybridized carbons (Fsp3) is 0.444. The third kappa shape index (κ3) is 2.40. The summed E-state index contributed by atoms with van der Waals surface area (Å²) in [6, 6.07) is 0.770. The van der Waals surface area contributed by atoms with Gasteiger partial charge in [-0.05, 0) is 20.0 Å². The normalized spacial score (nSPS) is 23.0. The van der Waals surface area contributed by atoms with Crippen molar-refractivity contribution in [1.82, 2.24) is 14.8 Å². The Labute approximate surface area is 149 Å². The van der Waals surface area contributed by atoms with Gasteiger partial charge in [0.05, 0.1) is 28.6 Å². The van der Waals surface area contributed by atoms with Crippen molar-refractivity contribution in [3.05, 3.63) is 39.4 Å². The Bertz CT molecular complexity index is 971. The highest BCUT2D eigenvalue weighted by Gasteiger charge is 2.33. The minimum atomic E-state index is -1.32. The molecule has 1 aromatic carbocycles. The van der Waals surface area contributed by atoms with Gasteiger partial charge in [-0.3, -0.25) is 9.69 Å². The number of halogens is 1. The number of benzene rings is 1. The number of carboxylic acid groups (broad SMARTS) is 1. The Hall–Kier alpha value is -2.45. The van der Waals surface area contributed by atoms with Crippen molar-refractivity contribution in [2.45, 2.75) is 19.0 Å². The van der Waals surface area contributed by atoms with E-state index in [1.807, 2.05) is 18.9 Å². The Morgan fingerprint density at radius 1 is 1.46 bits per heavy atom. The van der Waals surface area contributed by atoms with Crippen LogP contribution in [0.4, 0.5) is 4.39 Å². The number of likely N-dealkylation sites (N-methyl/N-ethyl adjacent to an activating group) is 1. The maximum absolute atomic E-state index is 15.1. The first-order valence-electron chi connectivity index (χ1n) is 8.58. The molecule has 8 heteroatoms. The minimum Gasteiger partial charge on any atom is -0.489 e. The predicted molar refractivity (Wildman–Crippen MR) is 93.6 cm³/mol. The fourth-order valence-corrected chi connectivity index (χ4v) is 3.84. The van der Waals surface area contributed by atoms with Crippen LogP contribution >= 0.6 is 0 Å². The molecule has 1 fully saturated rings. The van der Waals surface area contributed by atoms with Gasteiger partial charge in [0.15, 0.2) is 5.75 Å². The van der Waals surface area contributed by atoms with Crippen molar-refractivity contribution >= 4 is 16.9 Å². The number of nitrogens with one attached hydrogen (secondary N) is 1. The number of hydrogen-bond acceptors (Lipinski definition) is 5. The molecule has 7 nitrogen and oxygen atoms in total. The number of pyridine rings is 1. The summed E-state index contributed by atoms with van der Waals surface area (Å²) in [5, 5.41) is 12.6.